The minimum absolute atomic E-state index is 0.187. The maximum absolute atomic E-state index is 9.42. The Bertz CT molecular complexity index is 3210. The fraction of sp³-hybridized carbons (Fsp3) is 0. The van der Waals surface area contributed by atoms with Crippen LogP contribution in [0.15, 0.2) is 174 Å². The molecular weight excluding hydrogens is 569 g/mol. The third-order valence-electron chi connectivity index (χ3n) is 9.30. The fourth-order valence-electron chi connectivity index (χ4n) is 7.28. The van der Waals surface area contributed by atoms with Crippen molar-refractivity contribution in [3.8, 4) is 33.4 Å². The van der Waals surface area contributed by atoms with Gasteiger partial charge >= 0.3 is 0 Å². The zero-order valence-corrected chi connectivity index (χ0v) is 25.0. The van der Waals surface area contributed by atoms with Gasteiger partial charge in [0, 0.05) is 10.8 Å². The Morgan fingerprint density at radius 2 is 0.936 bits per heavy atom. The van der Waals surface area contributed by atoms with Crippen LogP contribution in [0, 0.1) is 0 Å². The molecule has 0 fully saturated rings. The van der Waals surface area contributed by atoms with Crippen molar-refractivity contribution in [1.29, 1.82) is 0 Å². The van der Waals surface area contributed by atoms with Gasteiger partial charge in [-0.25, -0.2) is 0 Å². The molecule has 0 atom stereocenters. The highest BCUT2D eigenvalue weighted by molar-refractivity contribution is 6.25. The van der Waals surface area contributed by atoms with E-state index >= 15 is 0 Å². The zero-order valence-electron chi connectivity index (χ0n) is 33.0. The van der Waals surface area contributed by atoms with Crippen LogP contribution >= 0.6 is 0 Å². The molecule has 9 aromatic carbocycles. The zero-order chi connectivity index (χ0) is 37.9. The van der Waals surface area contributed by atoms with Gasteiger partial charge in [0.1, 0.15) is 11.2 Å². The number of hydrogen-bond acceptors (Lipinski definition) is 1. The van der Waals surface area contributed by atoms with E-state index in [1.54, 1.807) is 0 Å². The van der Waals surface area contributed by atoms with Crippen molar-refractivity contribution >= 4 is 65.0 Å². The second-order valence-electron chi connectivity index (χ2n) is 11.8. The summed E-state index contributed by atoms with van der Waals surface area (Å²) in [4.78, 5) is 0. The van der Waals surface area contributed by atoms with E-state index in [4.69, 9.17) is 9.90 Å². The van der Waals surface area contributed by atoms with E-state index in [2.05, 4.69) is 0 Å². The van der Waals surface area contributed by atoms with Gasteiger partial charge in [-0.2, -0.15) is 0 Å². The molecule has 1 heterocycles. The Morgan fingerprint density at radius 3 is 1.66 bits per heavy atom. The molecule has 47 heavy (non-hydrogen) atoms. The lowest BCUT2D eigenvalue weighted by Crippen LogP contribution is -1.92. The van der Waals surface area contributed by atoms with Crippen LogP contribution in [-0.2, 0) is 0 Å². The summed E-state index contributed by atoms with van der Waals surface area (Å²) in [5.74, 6) is 0. The monoisotopic (exact) mass is 604 g/mol. The van der Waals surface area contributed by atoms with Crippen LogP contribution in [0.4, 0.5) is 0 Å². The van der Waals surface area contributed by atoms with E-state index in [0.717, 1.165) is 54.6 Å². The molecule has 10 rings (SSSR count). The summed E-state index contributed by atoms with van der Waals surface area (Å²) < 4.78 is 79.2. The van der Waals surface area contributed by atoms with Gasteiger partial charge in [-0.05, 0) is 94.7 Å². The maximum atomic E-state index is 9.42. The smallest absolute Gasteiger partial charge is 0.136 e. The first-order chi connectivity index (χ1) is 26.7. The third-order valence-corrected chi connectivity index (χ3v) is 9.30. The summed E-state index contributed by atoms with van der Waals surface area (Å²) in [7, 11) is 0. The Labute approximate surface area is 283 Å². The van der Waals surface area contributed by atoms with Gasteiger partial charge in [0.25, 0.3) is 0 Å². The van der Waals surface area contributed by atoms with E-state index in [1.807, 2.05) is 121 Å². The van der Waals surface area contributed by atoms with Crippen LogP contribution in [0.25, 0.3) is 98.4 Å². The van der Waals surface area contributed by atoms with Gasteiger partial charge in [0.15, 0.2) is 0 Å². The van der Waals surface area contributed by atoms with Crippen molar-refractivity contribution in [1.82, 2.24) is 0 Å². The first-order valence-electron chi connectivity index (χ1n) is 19.5. The lowest BCUT2D eigenvalue weighted by atomic mass is 9.83. The average Bonchev–Trinajstić information content (AvgIpc) is 3.61. The van der Waals surface area contributed by atoms with E-state index in [9.17, 15) is 5.48 Å². The van der Waals surface area contributed by atoms with Gasteiger partial charge < -0.3 is 4.42 Å². The summed E-state index contributed by atoms with van der Waals surface area (Å²) in [6, 6.07) is 36.2. The van der Waals surface area contributed by atoms with E-state index in [0.29, 0.717) is 22.3 Å². The normalized spacial score (nSPS) is 14.2. The maximum Gasteiger partial charge on any atom is 0.136 e. The van der Waals surface area contributed by atoms with E-state index < -0.39 is 24.2 Å². The van der Waals surface area contributed by atoms with Gasteiger partial charge in [-0.1, -0.05) is 151 Å². The van der Waals surface area contributed by atoms with Crippen LogP contribution in [-0.4, -0.2) is 0 Å². The number of hydrogen-bond donors (Lipinski definition) is 0. The molecule has 0 unspecified atom stereocenters. The van der Waals surface area contributed by atoms with E-state index in [-0.39, 0.29) is 45.7 Å². The molecule has 1 aromatic heterocycles. The minimum atomic E-state index is -0.427. The second kappa shape index (κ2) is 10.2. The van der Waals surface area contributed by atoms with E-state index in [1.165, 1.54) is 0 Å². The summed E-state index contributed by atoms with van der Waals surface area (Å²) in [5.41, 5.74) is 5.19. The number of para-hydroxylation sites is 1. The molecule has 0 saturated carbocycles. The lowest BCUT2D eigenvalue weighted by molar-refractivity contribution is 0.669. The summed E-state index contributed by atoms with van der Waals surface area (Å²) in [5, 5.41) is 6.30. The van der Waals surface area contributed by atoms with Crippen molar-refractivity contribution in [2.45, 2.75) is 0 Å². The third kappa shape index (κ3) is 3.90. The molecule has 1 heteroatoms. The minimum Gasteiger partial charge on any atom is -0.456 e. The van der Waals surface area contributed by atoms with Crippen molar-refractivity contribution in [3.05, 3.63) is 170 Å². The number of fused-ring (bicyclic) bond motifs is 8. The predicted octanol–water partition coefficient (Wildman–Crippen LogP) is 13.2. The Hall–Kier alpha value is -6.18. The molecular formula is C46H28O. The van der Waals surface area contributed by atoms with Gasteiger partial charge in [0.2, 0.25) is 0 Å². The van der Waals surface area contributed by atoms with Crippen LogP contribution in [0.1, 0.15) is 11.0 Å². The molecule has 0 saturated heterocycles. The van der Waals surface area contributed by atoms with Gasteiger partial charge in [-0.3, -0.25) is 0 Å². The number of rotatable bonds is 3. The number of furan rings is 1. The first-order valence-corrected chi connectivity index (χ1v) is 15.5. The highest BCUT2D eigenvalue weighted by atomic mass is 16.3. The number of benzene rings is 9. The molecule has 0 radical (unpaired) electrons. The van der Waals surface area contributed by atoms with Crippen LogP contribution in [0.2, 0.25) is 0 Å². The summed E-state index contributed by atoms with van der Waals surface area (Å²) >= 11 is 0. The second-order valence-corrected chi connectivity index (χ2v) is 11.8. The largest absolute Gasteiger partial charge is 0.456 e. The highest BCUT2D eigenvalue weighted by Gasteiger charge is 2.19. The topological polar surface area (TPSA) is 13.1 Å². The van der Waals surface area contributed by atoms with Crippen molar-refractivity contribution in [2.24, 2.45) is 0 Å². The highest BCUT2D eigenvalue weighted by Crippen LogP contribution is 2.47. The molecule has 10 aromatic rings. The molecule has 0 aliphatic heterocycles. The Morgan fingerprint density at radius 1 is 0.383 bits per heavy atom. The van der Waals surface area contributed by atoms with Crippen LogP contribution in [0.5, 0.6) is 0 Å². The van der Waals surface area contributed by atoms with Crippen molar-refractivity contribution in [3.63, 3.8) is 0 Å². The standard InChI is InChI=1S/C46H28O/c1-2-13-32-31(12-1)28-41(35-15-4-3-14-34(32)35)45-38-18-7-5-16-36(38)44(37-17-6-8-19-39(37)45)30-26-24-29(25-27-30)33-21-11-23-43-46(33)40-20-9-10-22-42(40)47-43/h1-28H/i5D,6D,7D,8D,16D,17D,18D,19D. The van der Waals surface area contributed by atoms with Gasteiger partial charge in [0.05, 0.1) is 11.0 Å². The Balaban J connectivity index is 1.37. The molecule has 0 aliphatic carbocycles. The Kier molecular flexibility index (Phi) is 4.19. The molecule has 218 valence electrons. The predicted molar refractivity (Wildman–Crippen MR) is 200 cm³/mol. The lowest BCUT2D eigenvalue weighted by Gasteiger charge is -2.19. The molecule has 0 amide bonds. The van der Waals surface area contributed by atoms with Crippen LogP contribution in [0.3, 0.4) is 0 Å². The average molecular weight is 605 g/mol. The van der Waals surface area contributed by atoms with Gasteiger partial charge in [-0.15, -0.1) is 0 Å². The quantitative estimate of drug-likeness (QED) is 0.144. The fourth-order valence-corrected chi connectivity index (χ4v) is 7.28. The SMILES string of the molecule is [2H]c1c([2H])c([2H])c2c(-c3cc4ccccc4c4ccccc34)c3c([2H])c([2H])c([2H])c([2H])c3c(-c3ccc(-c4cccc5oc6ccccc6c45)cc3)c2c1[2H]. The molecule has 0 N–H and O–H groups in total. The van der Waals surface area contributed by atoms with Crippen LogP contribution < -0.4 is 0 Å². The van der Waals surface area contributed by atoms with Crippen molar-refractivity contribution < 1.29 is 15.4 Å². The molecule has 0 aliphatic rings. The van der Waals surface area contributed by atoms with Crippen molar-refractivity contribution in [2.75, 3.05) is 0 Å². The molecule has 0 spiro atoms. The molecule has 0 bridgehead atoms. The first kappa shape index (κ1) is 19.4. The summed E-state index contributed by atoms with van der Waals surface area (Å²) in [6.07, 6.45) is 0. The molecule has 1 nitrogen and oxygen atoms in total. The summed E-state index contributed by atoms with van der Waals surface area (Å²) in [6.45, 7) is 0.